The Balaban J connectivity index is 1.81. The lowest BCUT2D eigenvalue weighted by Gasteiger charge is -2.51. The first kappa shape index (κ1) is 21.4. The number of nitrogens with zero attached hydrogens (tertiary/aromatic N) is 1. The fraction of sp³-hybridized carbons (Fsp3) is 0.348. The number of nitrogens with one attached hydrogen (secondary N) is 2. The summed E-state index contributed by atoms with van der Waals surface area (Å²) in [4.78, 5) is 39.3. The van der Waals surface area contributed by atoms with E-state index < -0.39 is 17.5 Å². The molecule has 4 amide bonds. The summed E-state index contributed by atoms with van der Waals surface area (Å²) in [5.74, 6) is -0.988. The minimum Gasteiger partial charge on any atom is -0.368 e. The number of likely N-dealkylation sites (tertiary alicyclic amines) is 1. The van der Waals surface area contributed by atoms with Crippen molar-refractivity contribution in [1.29, 1.82) is 0 Å². The van der Waals surface area contributed by atoms with Gasteiger partial charge in [0.05, 0.1) is 6.04 Å². The second-order valence-electron chi connectivity index (χ2n) is 7.77. The van der Waals surface area contributed by atoms with E-state index in [0.717, 1.165) is 11.1 Å². The molecule has 1 aliphatic rings. The maximum Gasteiger partial charge on any atom is 0.318 e. The van der Waals surface area contributed by atoms with E-state index in [0.29, 0.717) is 19.4 Å². The molecule has 2 aromatic carbocycles. The van der Waals surface area contributed by atoms with E-state index in [1.807, 2.05) is 67.6 Å². The van der Waals surface area contributed by atoms with Crippen LogP contribution in [0.1, 0.15) is 37.4 Å². The maximum absolute atomic E-state index is 13.2. The molecule has 4 N–H and O–H groups in total. The highest BCUT2D eigenvalue weighted by atomic mass is 16.2. The molecule has 0 bridgehead atoms. The van der Waals surface area contributed by atoms with Crippen molar-refractivity contribution in [3.63, 3.8) is 0 Å². The fourth-order valence-corrected chi connectivity index (χ4v) is 3.71. The molecule has 1 heterocycles. The molecule has 158 valence electrons. The van der Waals surface area contributed by atoms with E-state index in [4.69, 9.17) is 5.73 Å². The van der Waals surface area contributed by atoms with Crippen molar-refractivity contribution in [2.45, 2.75) is 44.3 Å². The highest BCUT2D eigenvalue weighted by molar-refractivity contribution is 5.95. The van der Waals surface area contributed by atoms with Crippen molar-refractivity contribution in [3.8, 4) is 0 Å². The fourth-order valence-electron chi connectivity index (χ4n) is 3.71. The Hall–Kier alpha value is -3.35. The first-order valence-corrected chi connectivity index (χ1v) is 10.1. The molecule has 0 aliphatic carbocycles. The smallest absolute Gasteiger partial charge is 0.318 e. The van der Waals surface area contributed by atoms with Gasteiger partial charge in [-0.3, -0.25) is 9.59 Å². The van der Waals surface area contributed by atoms with Crippen LogP contribution in [0.5, 0.6) is 0 Å². The van der Waals surface area contributed by atoms with E-state index in [2.05, 4.69) is 10.6 Å². The summed E-state index contributed by atoms with van der Waals surface area (Å²) in [7, 11) is 0. The molecule has 1 aliphatic heterocycles. The second kappa shape index (κ2) is 8.98. The van der Waals surface area contributed by atoms with Crippen molar-refractivity contribution in [1.82, 2.24) is 15.5 Å². The van der Waals surface area contributed by atoms with Crippen LogP contribution in [0, 0.1) is 0 Å². The van der Waals surface area contributed by atoms with E-state index in [-0.39, 0.29) is 18.0 Å². The molecular formula is C23H28N4O3. The monoisotopic (exact) mass is 408 g/mol. The predicted octanol–water partition coefficient (Wildman–Crippen LogP) is 2.13. The summed E-state index contributed by atoms with van der Waals surface area (Å²) < 4.78 is 0. The van der Waals surface area contributed by atoms with Crippen LogP contribution in [0.15, 0.2) is 60.7 Å². The minimum absolute atomic E-state index is 0.207. The number of amides is 4. The molecule has 30 heavy (non-hydrogen) atoms. The molecule has 1 saturated heterocycles. The van der Waals surface area contributed by atoms with Gasteiger partial charge < -0.3 is 21.3 Å². The molecule has 1 fully saturated rings. The van der Waals surface area contributed by atoms with Gasteiger partial charge in [-0.25, -0.2) is 4.79 Å². The number of rotatable bonds is 7. The summed E-state index contributed by atoms with van der Waals surface area (Å²) in [6.45, 7) is 3.90. The van der Waals surface area contributed by atoms with Gasteiger partial charge in [0.25, 0.3) is 0 Å². The lowest BCUT2D eigenvalue weighted by atomic mass is 9.78. The minimum atomic E-state index is -1.06. The number of primary amides is 1. The molecule has 0 saturated carbocycles. The van der Waals surface area contributed by atoms with Crippen LogP contribution in [0.4, 0.5) is 4.79 Å². The first-order valence-electron chi connectivity index (χ1n) is 10.1. The molecule has 0 unspecified atom stereocenters. The molecule has 7 nitrogen and oxygen atoms in total. The van der Waals surface area contributed by atoms with Gasteiger partial charge in [-0.15, -0.1) is 0 Å². The molecule has 3 rings (SSSR count). The molecule has 7 heteroatoms. The number of nitrogens with two attached hydrogens (primary N) is 1. The number of carbonyl (C=O) groups is 3. The van der Waals surface area contributed by atoms with Gasteiger partial charge >= 0.3 is 6.03 Å². The van der Waals surface area contributed by atoms with Gasteiger partial charge in [0.2, 0.25) is 11.8 Å². The lowest BCUT2D eigenvalue weighted by molar-refractivity contribution is -0.141. The molecule has 0 radical (unpaired) electrons. The third-order valence-corrected chi connectivity index (χ3v) is 5.69. The van der Waals surface area contributed by atoms with Crippen molar-refractivity contribution < 1.29 is 14.4 Å². The molecule has 3 atom stereocenters. The number of carbonyl (C=O) groups excluding carboxylic acids is 3. The Morgan fingerprint density at radius 1 is 1.00 bits per heavy atom. The quantitative estimate of drug-likeness (QED) is 0.654. The van der Waals surface area contributed by atoms with Crippen LogP contribution in [-0.2, 0) is 16.0 Å². The summed E-state index contributed by atoms with van der Waals surface area (Å²) in [5.41, 5.74) is 6.17. The van der Waals surface area contributed by atoms with Gasteiger partial charge in [0, 0.05) is 13.0 Å². The van der Waals surface area contributed by atoms with Gasteiger partial charge in [-0.1, -0.05) is 60.7 Å². The second-order valence-corrected chi connectivity index (χ2v) is 7.77. The molecule has 2 aromatic rings. The normalized spacial score (nSPS) is 19.9. The van der Waals surface area contributed by atoms with Crippen LogP contribution >= 0.6 is 0 Å². The van der Waals surface area contributed by atoms with Gasteiger partial charge in [-0.2, -0.15) is 0 Å². The number of urea groups is 1. The van der Waals surface area contributed by atoms with E-state index >= 15 is 0 Å². The Labute approximate surface area is 176 Å². The van der Waals surface area contributed by atoms with Crippen LogP contribution in [0.2, 0.25) is 0 Å². The van der Waals surface area contributed by atoms with Crippen molar-refractivity contribution >= 4 is 17.8 Å². The van der Waals surface area contributed by atoms with Crippen LogP contribution in [0.3, 0.4) is 0 Å². The summed E-state index contributed by atoms with van der Waals surface area (Å²) >= 11 is 0. The first-order chi connectivity index (χ1) is 14.3. The van der Waals surface area contributed by atoms with Gasteiger partial charge in [0.15, 0.2) is 0 Å². The summed E-state index contributed by atoms with van der Waals surface area (Å²) in [6, 6.07) is 17.8. The summed E-state index contributed by atoms with van der Waals surface area (Å²) in [5, 5.41) is 5.66. The SMILES string of the molecule is C[C@H](NC(=O)[C@]1(Cc2ccccc2)CCN1C(=O)N[C@H](C)c1ccccc1)C(N)=O. The molecular weight excluding hydrogens is 380 g/mol. The van der Waals surface area contributed by atoms with Crippen molar-refractivity contribution in [2.75, 3.05) is 6.54 Å². The predicted molar refractivity (Wildman–Crippen MR) is 114 cm³/mol. The van der Waals surface area contributed by atoms with Crippen LogP contribution in [0.25, 0.3) is 0 Å². The highest BCUT2D eigenvalue weighted by Crippen LogP contribution is 2.35. The van der Waals surface area contributed by atoms with Crippen LogP contribution < -0.4 is 16.4 Å². The molecule has 0 spiro atoms. The Morgan fingerprint density at radius 2 is 1.60 bits per heavy atom. The number of hydrogen-bond donors (Lipinski definition) is 3. The number of hydrogen-bond acceptors (Lipinski definition) is 3. The largest absolute Gasteiger partial charge is 0.368 e. The topological polar surface area (TPSA) is 105 Å². The van der Waals surface area contributed by atoms with Gasteiger partial charge in [0.1, 0.15) is 11.6 Å². The van der Waals surface area contributed by atoms with E-state index in [9.17, 15) is 14.4 Å². The zero-order valence-electron chi connectivity index (χ0n) is 17.3. The average Bonchev–Trinajstić information content (AvgIpc) is 2.72. The Bertz CT molecular complexity index is 903. The standard InChI is InChI=1S/C23H28N4O3/c1-16(19-11-7-4-8-12-19)26-22(30)27-14-13-23(27,15-18-9-5-3-6-10-18)21(29)25-17(2)20(24)28/h3-12,16-17H,13-15H2,1-2H3,(H2,24,28)(H,25,29)(H,26,30)/t16-,17+,23-/m1/s1. The lowest BCUT2D eigenvalue weighted by Crippen LogP contribution is -2.72. The zero-order chi connectivity index (χ0) is 21.7. The van der Waals surface area contributed by atoms with Crippen LogP contribution in [-0.4, -0.2) is 40.9 Å². The Morgan fingerprint density at radius 3 is 2.13 bits per heavy atom. The number of benzene rings is 2. The zero-order valence-corrected chi connectivity index (χ0v) is 17.3. The Kier molecular flexibility index (Phi) is 6.40. The summed E-state index contributed by atoms with van der Waals surface area (Å²) in [6.07, 6.45) is 0.866. The van der Waals surface area contributed by atoms with Crippen molar-refractivity contribution in [3.05, 3.63) is 71.8 Å². The average molecular weight is 409 g/mol. The molecule has 0 aromatic heterocycles. The van der Waals surface area contributed by atoms with Gasteiger partial charge in [-0.05, 0) is 31.4 Å². The van der Waals surface area contributed by atoms with Crippen molar-refractivity contribution in [2.24, 2.45) is 5.73 Å². The maximum atomic E-state index is 13.2. The third-order valence-electron chi connectivity index (χ3n) is 5.69. The third kappa shape index (κ3) is 4.45. The van der Waals surface area contributed by atoms with E-state index in [1.165, 1.54) is 6.92 Å². The highest BCUT2D eigenvalue weighted by Gasteiger charge is 2.53. The van der Waals surface area contributed by atoms with E-state index in [1.54, 1.807) is 4.90 Å².